The van der Waals surface area contributed by atoms with E-state index in [2.05, 4.69) is 10.6 Å². The number of ether oxygens (including phenoxy) is 1. The largest absolute Gasteiger partial charge is 0.394 e. The van der Waals surface area contributed by atoms with Gasteiger partial charge in [0.25, 0.3) is 0 Å². The van der Waals surface area contributed by atoms with Gasteiger partial charge in [-0.15, -0.1) is 0 Å². The molecule has 1 aromatic carbocycles. The highest BCUT2D eigenvalue weighted by atomic mass is 16.5. The molecule has 1 aromatic rings. The lowest BCUT2D eigenvalue weighted by Gasteiger charge is -2.31. The average molecular weight is 330 g/mol. The molecule has 3 atom stereocenters. The number of anilines is 1. The standard InChI is InChI=1S/C18H22N2O4/c21-11-16-15(20-18(23)12-6-7-12)9-8-14(24-16)10-17(22)19-13-4-2-1-3-5-13/h1-5,8-9,12,14-16,21H,6-7,10-11H2,(H,19,22)(H,20,23)/t14-,15+,16+/m0/s1. The van der Waals surface area contributed by atoms with Gasteiger partial charge in [0.05, 0.1) is 25.2 Å². The molecule has 1 aliphatic heterocycles. The quantitative estimate of drug-likeness (QED) is 0.685. The molecule has 0 spiro atoms. The first-order valence-electron chi connectivity index (χ1n) is 8.25. The first-order chi connectivity index (χ1) is 11.7. The van der Waals surface area contributed by atoms with Gasteiger partial charge in [0.2, 0.25) is 11.8 Å². The molecule has 2 amide bonds. The van der Waals surface area contributed by atoms with E-state index in [0.717, 1.165) is 18.5 Å². The van der Waals surface area contributed by atoms with Crippen molar-refractivity contribution in [2.24, 2.45) is 5.92 Å². The minimum absolute atomic E-state index is 0.00645. The van der Waals surface area contributed by atoms with Gasteiger partial charge < -0.3 is 20.5 Å². The first-order valence-corrected chi connectivity index (χ1v) is 8.25. The van der Waals surface area contributed by atoms with E-state index in [4.69, 9.17) is 4.74 Å². The van der Waals surface area contributed by atoms with Crippen LogP contribution in [0.3, 0.4) is 0 Å². The van der Waals surface area contributed by atoms with Crippen LogP contribution in [0.15, 0.2) is 42.5 Å². The topological polar surface area (TPSA) is 87.7 Å². The predicted molar refractivity (Wildman–Crippen MR) is 89.2 cm³/mol. The van der Waals surface area contributed by atoms with Crippen molar-refractivity contribution in [1.82, 2.24) is 5.32 Å². The lowest BCUT2D eigenvalue weighted by atomic mass is 10.0. The summed E-state index contributed by atoms with van der Waals surface area (Å²) < 4.78 is 5.75. The molecule has 1 saturated carbocycles. The predicted octanol–water partition coefficient (Wildman–Crippen LogP) is 1.23. The zero-order valence-electron chi connectivity index (χ0n) is 13.4. The lowest BCUT2D eigenvalue weighted by Crippen LogP contribution is -2.49. The summed E-state index contributed by atoms with van der Waals surface area (Å²) in [7, 11) is 0. The summed E-state index contributed by atoms with van der Waals surface area (Å²) in [6.07, 6.45) is 4.64. The fourth-order valence-electron chi connectivity index (χ4n) is 2.68. The van der Waals surface area contributed by atoms with Crippen molar-refractivity contribution in [3.8, 4) is 0 Å². The highest BCUT2D eigenvalue weighted by Crippen LogP contribution is 2.29. The second kappa shape index (κ2) is 7.59. The van der Waals surface area contributed by atoms with Crippen molar-refractivity contribution in [2.45, 2.75) is 37.5 Å². The Morgan fingerprint density at radius 2 is 1.92 bits per heavy atom. The lowest BCUT2D eigenvalue weighted by molar-refractivity contribution is -0.126. The molecular weight excluding hydrogens is 308 g/mol. The molecule has 0 aromatic heterocycles. The Morgan fingerprint density at radius 1 is 1.17 bits per heavy atom. The monoisotopic (exact) mass is 330 g/mol. The number of hydrogen-bond donors (Lipinski definition) is 3. The molecule has 3 N–H and O–H groups in total. The van der Waals surface area contributed by atoms with Crippen LogP contribution in [0.4, 0.5) is 5.69 Å². The highest BCUT2D eigenvalue weighted by molar-refractivity contribution is 5.91. The van der Waals surface area contributed by atoms with Crippen LogP contribution in [0, 0.1) is 5.92 Å². The second-order valence-electron chi connectivity index (χ2n) is 6.21. The number of amides is 2. The minimum atomic E-state index is -0.535. The van der Waals surface area contributed by atoms with Gasteiger partial charge in [-0.25, -0.2) is 0 Å². The Morgan fingerprint density at radius 3 is 2.58 bits per heavy atom. The summed E-state index contributed by atoms with van der Waals surface area (Å²) in [6, 6.07) is 8.86. The van der Waals surface area contributed by atoms with Crippen molar-refractivity contribution in [2.75, 3.05) is 11.9 Å². The van der Waals surface area contributed by atoms with Crippen molar-refractivity contribution in [3.63, 3.8) is 0 Å². The number of nitrogens with one attached hydrogen (secondary N) is 2. The Balaban J connectivity index is 1.53. The van der Waals surface area contributed by atoms with E-state index in [1.807, 2.05) is 36.4 Å². The van der Waals surface area contributed by atoms with Crippen LogP contribution in [0.25, 0.3) is 0 Å². The van der Waals surface area contributed by atoms with Crippen molar-refractivity contribution < 1.29 is 19.4 Å². The van der Waals surface area contributed by atoms with Crippen LogP contribution < -0.4 is 10.6 Å². The Labute approximate surface area is 140 Å². The summed E-state index contributed by atoms with van der Waals surface area (Å²) in [6.45, 7) is -0.212. The van der Waals surface area contributed by atoms with E-state index < -0.39 is 12.2 Å². The van der Waals surface area contributed by atoms with Gasteiger partial charge in [-0.3, -0.25) is 9.59 Å². The Bertz CT molecular complexity index is 613. The Kier molecular flexibility index (Phi) is 5.27. The van der Waals surface area contributed by atoms with Crippen LogP contribution in [0.5, 0.6) is 0 Å². The number of benzene rings is 1. The number of hydrogen-bond acceptors (Lipinski definition) is 4. The highest BCUT2D eigenvalue weighted by Gasteiger charge is 2.34. The van der Waals surface area contributed by atoms with E-state index in [1.54, 1.807) is 6.08 Å². The van der Waals surface area contributed by atoms with E-state index in [9.17, 15) is 14.7 Å². The number of aliphatic hydroxyl groups excluding tert-OH is 1. The third kappa shape index (κ3) is 4.43. The summed E-state index contributed by atoms with van der Waals surface area (Å²) in [5.74, 6) is -0.0490. The maximum atomic E-state index is 12.1. The number of aliphatic hydroxyl groups is 1. The number of carbonyl (C=O) groups excluding carboxylic acids is 2. The maximum absolute atomic E-state index is 12.1. The third-order valence-corrected chi connectivity index (χ3v) is 4.16. The molecule has 0 radical (unpaired) electrons. The fraction of sp³-hybridized carbons (Fsp3) is 0.444. The number of para-hydroxylation sites is 1. The molecule has 6 heteroatoms. The van der Waals surface area contributed by atoms with Crippen molar-refractivity contribution in [1.29, 1.82) is 0 Å². The summed E-state index contributed by atoms with van der Waals surface area (Å²) in [5.41, 5.74) is 0.732. The van der Waals surface area contributed by atoms with Gasteiger partial charge in [0, 0.05) is 11.6 Å². The molecule has 0 bridgehead atoms. The van der Waals surface area contributed by atoms with Gasteiger partial charge in [-0.2, -0.15) is 0 Å². The van der Waals surface area contributed by atoms with E-state index in [-0.39, 0.29) is 36.8 Å². The molecule has 2 aliphatic rings. The Hall–Kier alpha value is -2.18. The summed E-state index contributed by atoms with van der Waals surface area (Å²) >= 11 is 0. The third-order valence-electron chi connectivity index (χ3n) is 4.16. The number of rotatable bonds is 6. The maximum Gasteiger partial charge on any atom is 0.227 e. The molecule has 3 rings (SSSR count). The van der Waals surface area contributed by atoms with Crippen molar-refractivity contribution in [3.05, 3.63) is 42.5 Å². The second-order valence-corrected chi connectivity index (χ2v) is 6.21. The average Bonchev–Trinajstić information content (AvgIpc) is 3.42. The first kappa shape index (κ1) is 16.7. The minimum Gasteiger partial charge on any atom is -0.394 e. The molecule has 128 valence electrons. The molecule has 1 aliphatic carbocycles. The van der Waals surface area contributed by atoms with Crippen LogP contribution in [0.2, 0.25) is 0 Å². The van der Waals surface area contributed by atoms with Gasteiger partial charge in [0.15, 0.2) is 0 Å². The molecule has 24 heavy (non-hydrogen) atoms. The van der Waals surface area contributed by atoms with Crippen LogP contribution >= 0.6 is 0 Å². The smallest absolute Gasteiger partial charge is 0.227 e. The van der Waals surface area contributed by atoms with Gasteiger partial charge in [-0.1, -0.05) is 30.4 Å². The molecule has 1 fully saturated rings. The zero-order valence-corrected chi connectivity index (χ0v) is 13.4. The van der Waals surface area contributed by atoms with Gasteiger partial charge in [0.1, 0.15) is 6.10 Å². The van der Waals surface area contributed by atoms with Crippen LogP contribution in [-0.4, -0.2) is 41.8 Å². The SMILES string of the molecule is O=C(C[C@@H]1C=C[C@@H](NC(=O)C2CC2)[C@@H](CO)O1)Nc1ccccc1. The molecule has 1 heterocycles. The normalized spacial score (nSPS) is 26.0. The summed E-state index contributed by atoms with van der Waals surface area (Å²) in [5, 5.41) is 15.2. The number of carbonyl (C=O) groups is 2. The molecule has 6 nitrogen and oxygen atoms in total. The van der Waals surface area contributed by atoms with Crippen molar-refractivity contribution >= 4 is 17.5 Å². The van der Waals surface area contributed by atoms with Gasteiger partial charge >= 0.3 is 0 Å². The van der Waals surface area contributed by atoms with E-state index in [1.165, 1.54) is 0 Å². The molecular formula is C18H22N2O4. The van der Waals surface area contributed by atoms with E-state index >= 15 is 0 Å². The van der Waals surface area contributed by atoms with Crippen LogP contribution in [0.1, 0.15) is 19.3 Å². The van der Waals surface area contributed by atoms with Gasteiger partial charge in [-0.05, 0) is 25.0 Å². The van der Waals surface area contributed by atoms with Crippen LogP contribution in [-0.2, 0) is 14.3 Å². The summed E-state index contributed by atoms with van der Waals surface area (Å²) in [4.78, 5) is 23.9. The fourth-order valence-corrected chi connectivity index (χ4v) is 2.68. The zero-order chi connectivity index (χ0) is 16.9. The van der Waals surface area contributed by atoms with E-state index in [0.29, 0.717) is 0 Å². The molecule has 0 unspecified atom stereocenters. The molecule has 0 saturated heterocycles.